The Balaban J connectivity index is 3.37. The van der Waals surface area contributed by atoms with Gasteiger partial charge >= 0.3 is 0 Å². The number of benzene rings is 1. The third-order valence-electron chi connectivity index (χ3n) is 1.20. The van der Waals surface area contributed by atoms with Crippen molar-refractivity contribution in [2.75, 3.05) is 0 Å². The van der Waals surface area contributed by atoms with E-state index < -0.39 is 27.3 Å². The second kappa shape index (κ2) is 3.41. The Bertz CT molecular complexity index is 338. The van der Waals surface area contributed by atoms with Crippen molar-refractivity contribution >= 4 is 28.1 Å². The van der Waals surface area contributed by atoms with Gasteiger partial charge in [0.15, 0.2) is 11.6 Å². The molecular weight excluding hydrogens is 209 g/mol. The molecule has 0 spiro atoms. The van der Waals surface area contributed by atoms with Crippen molar-refractivity contribution in [3.63, 3.8) is 0 Å². The second-order valence-corrected chi connectivity index (χ2v) is 3.03. The molecule has 0 aromatic heterocycles. The maximum Gasteiger partial charge on any atom is 0.168 e. The number of halogens is 4. The fraction of sp³-hybridized carbons (Fsp3) is 0. The Labute approximate surface area is 77.0 Å². The highest BCUT2D eigenvalue weighted by Crippen LogP contribution is 2.16. The molecule has 0 saturated carbocycles. The van der Waals surface area contributed by atoms with Gasteiger partial charge in [0.2, 0.25) is 0 Å². The lowest BCUT2D eigenvalue weighted by Gasteiger charge is -1.99. The summed E-state index contributed by atoms with van der Waals surface area (Å²) in [5.41, 5.74) is -0.427. The molecule has 0 aliphatic heterocycles. The van der Waals surface area contributed by atoms with Crippen LogP contribution >= 0.6 is 23.8 Å². The van der Waals surface area contributed by atoms with Crippen molar-refractivity contribution in [1.29, 1.82) is 0 Å². The molecule has 0 fully saturated rings. The van der Waals surface area contributed by atoms with Gasteiger partial charge in [-0.15, -0.1) is 0 Å². The maximum atomic E-state index is 12.7. The summed E-state index contributed by atoms with van der Waals surface area (Å²) in [5, 5.41) is 0. The van der Waals surface area contributed by atoms with Crippen molar-refractivity contribution in [3.05, 3.63) is 35.1 Å². The van der Waals surface area contributed by atoms with Crippen LogP contribution in [0.15, 0.2) is 12.1 Å². The lowest BCUT2D eigenvalue weighted by Crippen LogP contribution is -1.98. The summed E-state index contributed by atoms with van der Waals surface area (Å²) in [4.78, 5) is 0. The van der Waals surface area contributed by atoms with Crippen LogP contribution in [0.3, 0.4) is 0 Å². The van der Waals surface area contributed by atoms with Gasteiger partial charge in [0, 0.05) is 11.6 Å². The monoisotopic (exact) mass is 210 g/mol. The molecule has 5 heteroatoms. The van der Waals surface area contributed by atoms with E-state index in [4.69, 9.17) is 11.6 Å². The molecule has 0 amide bonds. The zero-order valence-electron chi connectivity index (χ0n) is 5.57. The Morgan fingerprint density at radius 3 is 2.33 bits per heavy atom. The molecule has 12 heavy (non-hydrogen) atoms. The van der Waals surface area contributed by atoms with E-state index in [1.54, 1.807) is 0 Å². The molecule has 0 aliphatic rings. The highest BCUT2D eigenvalue weighted by Gasteiger charge is 2.12. The van der Waals surface area contributed by atoms with E-state index in [0.717, 1.165) is 6.07 Å². The summed E-state index contributed by atoms with van der Waals surface area (Å²) >= 11 is 9.57. The SMILES string of the molecule is Fc1cc(F)c(F)c(C(=S)Cl)c1. The fourth-order valence-corrected chi connectivity index (χ4v) is 0.985. The molecule has 0 atom stereocenters. The zero-order chi connectivity index (χ0) is 9.30. The second-order valence-electron chi connectivity index (χ2n) is 2.02. The topological polar surface area (TPSA) is 0 Å². The van der Waals surface area contributed by atoms with Crippen LogP contribution in [0.1, 0.15) is 5.56 Å². The minimum Gasteiger partial charge on any atom is -0.207 e. The maximum absolute atomic E-state index is 12.7. The normalized spacial score (nSPS) is 10.0. The summed E-state index contributed by atoms with van der Waals surface area (Å²) in [6.07, 6.45) is 0. The summed E-state index contributed by atoms with van der Waals surface area (Å²) in [6.45, 7) is 0. The van der Waals surface area contributed by atoms with Gasteiger partial charge in [-0.3, -0.25) is 0 Å². The van der Waals surface area contributed by atoms with E-state index >= 15 is 0 Å². The van der Waals surface area contributed by atoms with Gasteiger partial charge in [0.25, 0.3) is 0 Å². The molecule has 0 N–H and O–H groups in total. The first-order chi connectivity index (χ1) is 5.52. The predicted octanol–water partition coefficient (Wildman–Crippen LogP) is 3.02. The average molecular weight is 211 g/mol. The Hall–Kier alpha value is -0.610. The summed E-state index contributed by atoms with van der Waals surface area (Å²) in [5.74, 6) is -3.43. The summed E-state index contributed by atoms with van der Waals surface area (Å²) in [7, 11) is 0. The van der Waals surface area contributed by atoms with E-state index in [0.29, 0.717) is 6.07 Å². The molecular formula is C7H2ClF3S. The Morgan fingerprint density at radius 2 is 1.83 bits per heavy atom. The van der Waals surface area contributed by atoms with Crippen LogP contribution in [-0.2, 0) is 0 Å². The first kappa shape index (κ1) is 9.48. The summed E-state index contributed by atoms with van der Waals surface area (Å²) < 4.78 is 37.2. The minimum atomic E-state index is -1.30. The standard InChI is InChI=1S/C7H2ClF3S/c8-7(12)4-1-3(9)2-5(10)6(4)11/h1-2H. The van der Waals surface area contributed by atoms with Gasteiger partial charge in [-0.2, -0.15) is 0 Å². The van der Waals surface area contributed by atoms with Crippen molar-refractivity contribution in [2.24, 2.45) is 0 Å². The largest absolute Gasteiger partial charge is 0.207 e. The number of hydrogen-bond acceptors (Lipinski definition) is 1. The number of hydrogen-bond donors (Lipinski definition) is 0. The molecule has 0 saturated heterocycles. The van der Waals surface area contributed by atoms with E-state index in [1.807, 2.05) is 0 Å². The van der Waals surface area contributed by atoms with Crippen LogP contribution in [0, 0.1) is 17.5 Å². The van der Waals surface area contributed by atoms with Crippen molar-refractivity contribution in [3.8, 4) is 0 Å². The lowest BCUT2D eigenvalue weighted by atomic mass is 10.2. The number of thiocarbonyl (C=S) groups is 1. The smallest absolute Gasteiger partial charge is 0.168 e. The van der Waals surface area contributed by atoms with E-state index in [-0.39, 0.29) is 0 Å². The van der Waals surface area contributed by atoms with Gasteiger partial charge < -0.3 is 0 Å². The third kappa shape index (κ3) is 1.76. The van der Waals surface area contributed by atoms with Gasteiger partial charge in [-0.05, 0) is 6.07 Å². The Kier molecular flexibility index (Phi) is 2.69. The molecule has 64 valence electrons. The minimum absolute atomic E-state index is 0.397. The lowest BCUT2D eigenvalue weighted by molar-refractivity contribution is 0.494. The molecule has 1 rings (SSSR count). The van der Waals surface area contributed by atoms with Gasteiger partial charge in [0.1, 0.15) is 10.1 Å². The fourth-order valence-electron chi connectivity index (χ4n) is 0.699. The van der Waals surface area contributed by atoms with Gasteiger partial charge in [-0.1, -0.05) is 23.8 Å². The molecule has 0 aliphatic carbocycles. The van der Waals surface area contributed by atoms with Gasteiger partial charge in [0.05, 0.1) is 0 Å². The van der Waals surface area contributed by atoms with E-state index in [2.05, 4.69) is 12.2 Å². The molecule has 0 unspecified atom stereocenters. The molecule has 1 aromatic rings. The molecule has 1 aromatic carbocycles. The molecule has 0 nitrogen and oxygen atoms in total. The quantitative estimate of drug-likeness (QED) is 0.390. The number of rotatable bonds is 1. The Morgan fingerprint density at radius 1 is 1.25 bits per heavy atom. The van der Waals surface area contributed by atoms with Crippen molar-refractivity contribution < 1.29 is 13.2 Å². The first-order valence-electron chi connectivity index (χ1n) is 2.86. The van der Waals surface area contributed by atoms with Crippen molar-refractivity contribution in [1.82, 2.24) is 0 Å². The highest BCUT2D eigenvalue weighted by atomic mass is 35.5. The van der Waals surface area contributed by atoms with E-state index in [9.17, 15) is 13.2 Å². The van der Waals surface area contributed by atoms with Crippen LogP contribution in [-0.4, -0.2) is 4.32 Å². The van der Waals surface area contributed by atoms with Crippen LogP contribution < -0.4 is 0 Å². The predicted molar refractivity (Wildman–Crippen MR) is 43.9 cm³/mol. The average Bonchev–Trinajstić information content (AvgIpc) is 1.96. The first-order valence-corrected chi connectivity index (χ1v) is 3.65. The van der Waals surface area contributed by atoms with Crippen LogP contribution in [0.2, 0.25) is 0 Å². The summed E-state index contributed by atoms with van der Waals surface area (Å²) in [6, 6.07) is 1.17. The van der Waals surface area contributed by atoms with Gasteiger partial charge in [-0.25, -0.2) is 13.2 Å². The zero-order valence-corrected chi connectivity index (χ0v) is 7.15. The van der Waals surface area contributed by atoms with Crippen molar-refractivity contribution in [2.45, 2.75) is 0 Å². The highest BCUT2D eigenvalue weighted by molar-refractivity contribution is 7.83. The third-order valence-corrected chi connectivity index (χ3v) is 1.63. The van der Waals surface area contributed by atoms with Crippen LogP contribution in [0.25, 0.3) is 0 Å². The molecule has 0 radical (unpaired) electrons. The molecule has 0 heterocycles. The van der Waals surface area contributed by atoms with Crippen LogP contribution in [0.5, 0.6) is 0 Å². The van der Waals surface area contributed by atoms with Crippen LogP contribution in [0.4, 0.5) is 13.2 Å². The van der Waals surface area contributed by atoms with E-state index in [1.165, 1.54) is 0 Å². The molecule has 0 bridgehead atoms.